The number of likely N-dealkylation sites (tertiary alicyclic amines) is 1. The Labute approximate surface area is 121 Å². The monoisotopic (exact) mass is 301 g/mol. The predicted molar refractivity (Wildman–Crippen MR) is 72.1 cm³/mol. The van der Waals surface area contributed by atoms with Crippen LogP contribution in [-0.2, 0) is 11.2 Å². The van der Waals surface area contributed by atoms with Crippen molar-refractivity contribution in [2.75, 3.05) is 13.7 Å². The van der Waals surface area contributed by atoms with Gasteiger partial charge in [0.2, 0.25) is 5.91 Å². The zero-order valence-corrected chi connectivity index (χ0v) is 11.8. The van der Waals surface area contributed by atoms with Crippen LogP contribution in [0.25, 0.3) is 0 Å². The molecule has 116 valence electrons. The van der Waals surface area contributed by atoms with Crippen LogP contribution in [0.2, 0.25) is 0 Å². The van der Waals surface area contributed by atoms with E-state index in [1.807, 2.05) is 0 Å². The number of amides is 1. The fraction of sp³-hybridized carbons (Fsp3) is 0.533. The summed E-state index contributed by atoms with van der Waals surface area (Å²) in [4.78, 5) is 13.2. The summed E-state index contributed by atoms with van der Waals surface area (Å²) in [7, 11) is 1.51. The molecule has 0 aliphatic carbocycles. The van der Waals surface area contributed by atoms with Gasteiger partial charge in [0.05, 0.1) is 13.5 Å². The van der Waals surface area contributed by atoms with Crippen molar-refractivity contribution in [2.24, 2.45) is 0 Å². The highest BCUT2D eigenvalue weighted by molar-refractivity contribution is 5.79. The summed E-state index contributed by atoms with van der Waals surface area (Å²) in [5.74, 6) is 0.108. The number of halogens is 3. The lowest BCUT2D eigenvalue weighted by atomic mass is 10.0. The second-order valence-corrected chi connectivity index (χ2v) is 5.17. The largest absolute Gasteiger partial charge is 0.497 e. The number of methoxy groups -OCH3 is 1. The molecule has 1 amide bonds. The summed E-state index contributed by atoms with van der Waals surface area (Å²) in [6, 6.07) is 5.19. The average molecular weight is 301 g/mol. The van der Waals surface area contributed by atoms with Gasteiger partial charge < -0.3 is 9.64 Å². The Morgan fingerprint density at radius 2 is 2.14 bits per heavy atom. The van der Waals surface area contributed by atoms with Gasteiger partial charge in [0.25, 0.3) is 0 Å². The molecule has 0 radical (unpaired) electrons. The number of hydrogen-bond donors (Lipinski definition) is 0. The number of benzene rings is 1. The van der Waals surface area contributed by atoms with E-state index in [-0.39, 0.29) is 19.4 Å². The van der Waals surface area contributed by atoms with Gasteiger partial charge in [-0.1, -0.05) is 12.1 Å². The van der Waals surface area contributed by atoms with E-state index in [4.69, 9.17) is 4.74 Å². The fourth-order valence-electron chi connectivity index (χ4n) is 2.63. The molecule has 1 aromatic rings. The average Bonchev–Trinajstić information content (AvgIpc) is 2.46. The summed E-state index contributed by atoms with van der Waals surface area (Å²) in [5, 5.41) is 0. The maximum absolute atomic E-state index is 13.0. The Kier molecular flexibility index (Phi) is 4.75. The van der Waals surface area contributed by atoms with Crippen molar-refractivity contribution in [1.29, 1.82) is 0 Å². The van der Waals surface area contributed by atoms with Gasteiger partial charge >= 0.3 is 6.18 Å². The Morgan fingerprint density at radius 1 is 1.38 bits per heavy atom. The molecule has 0 saturated carbocycles. The first-order chi connectivity index (χ1) is 9.91. The van der Waals surface area contributed by atoms with Gasteiger partial charge in [-0.3, -0.25) is 4.79 Å². The minimum absolute atomic E-state index is 0.00660. The summed E-state index contributed by atoms with van der Waals surface area (Å²) >= 11 is 0. The molecular formula is C15H18F3NO2. The van der Waals surface area contributed by atoms with Crippen LogP contribution < -0.4 is 4.74 Å². The number of carbonyl (C=O) groups is 1. The second-order valence-electron chi connectivity index (χ2n) is 5.17. The maximum Gasteiger partial charge on any atom is 0.408 e. The van der Waals surface area contributed by atoms with Crippen LogP contribution in [0.5, 0.6) is 5.75 Å². The molecule has 1 aliphatic rings. The minimum Gasteiger partial charge on any atom is -0.497 e. The van der Waals surface area contributed by atoms with E-state index in [0.29, 0.717) is 24.2 Å². The van der Waals surface area contributed by atoms with Crippen molar-refractivity contribution < 1.29 is 22.7 Å². The molecule has 0 bridgehead atoms. The first-order valence-electron chi connectivity index (χ1n) is 6.91. The Balaban J connectivity index is 2.10. The molecule has 21 heavy (non-hydrogen) atoms. The molecule has 0 aromatic heterocycles. The molecule has 1 unspecified atom stereocenters. The predicted octanol–water partition coefficient (Wildman–Crippen LogP) is 3.18. The highest BCUT2D eigenvalue weighted by Gasteiger charge is 2.46. The second kappa shape index (κ2) is 6.37. The quantitative estimate of drug-likeness (QED) is 0.858. The van der Waals surface area contributed by atoms with Crippen LogP contribution in [0.3, 0.4) is 0 Å². The number of ether oxygens (including phenoxy) is 1. The van der Waals surface area contributed by atoms with Crippen LogP contribution in [0.15, 0.2) is 24.3 Å². The van der Waals surface area contributed by atoms with E-state index in [9.17, 15) is 18.0 Å². The van der Waals surface area contributed by atoms with Gasteiger partial charge in [-0.15, -0.1) is 0 Å². The molecule has 1 fully saturated rings. The molecule has 0 N–H and O–H groups in total. The topological polar surface area (TPSA) is 29.5 Å². The maximum atomic E-state index is 13.0. The molecule has 6 heteroatoms. The van der Waals surface area contributed by atoms with Crippen molar-refractivity contribution in [3.05, 3.63) is 29.8 Å². The number of rotatable bonds is 3. The summed E-state index contributed by atoms with van der Waals surface area (Å²) in [6.45, 7) is 0.174. The van der Waals surface area contributed by atoms with Crippen LogP contribution in [0.1, 0.15) is 24.8 Å². The van der Waals surface area contributed by atoms with E-state index in [1.54, 1.807) is 24.3 Å². The Bertz CT molecular complexity index is 502. The molecule has 3 nitrogen and oxygen atoms in total. The van der Waals surface area contributed by atoms with Crippen molar-refractivity contribution in [1.82, 2.24) is 4.90 Å². The standard InChI is InChI=1S/C15H18F3NO2/c1-21-12-6-4-5-11(9-12)10-14(20)19-8-3-2-7-13(19)15(16,17)18/h4-6,9,13H,2-3,7-8,10H2,1H3. The van der Waals surface area contributed by atoms with Crippen LogP contribution in [0, 0.1) is 0 Å². The highest BCUT2D eigenvalue weighted by Crippen LogP contribution is 2.32. The Morgan fingerprint density at radius 3 is 2.81 bits per heavy atom. The number of piperidine rings is 1. The molecule has 1 aromatic carbocycles. The van der Waals surface area contributed by atoms with Crippen molar-refractivity contribution >= 4 is 5.91 Å². The van der Waals surface area contributed by atoms with Crippen molar-refractivity contribution in [3.63, 3.8) is 0 Å². The van der Waals surface area contributed by atoms with Gasteiger partial charge in [0.1, 0.15) is 11.8 Å². The van der Waals surface area contributed by atoms with E-state index < -0.39 is 18.1 Å². The number of carbonyl (C=O) groups excluding carboxylic acids is 1. The minimum atomic E-state index is -4.36. The molecule has 0 spiro atoms. The smallest absolute Gasteiger partial charge is 0.408 e. The number of hydrogen-bond acceptors (Lipinski definition) is 2. The molecule has 2 rings (SSSR count). The number of nitrogens with zero attached hydrogens (tertiary/aromatic N) is 1. The lowest BCUT2D eigenvalue weighted by molar-refractivity contribution is -0.195. The van der Waals surface area contributed by atoms with Crippen molar-refractivity contribution in [3.8, 4) is 5.75 Å². The van der Waals surface area contributed by atoms with Gasteiger partial charge in [-0.25, -0.2) is 0 Å². The molecular weight excluding hydrogens is 283 g/mol. The third-order valence-corrected chi connectivity index (χ3v) is 3.69. The fourth-order valence-corrected chi connectivity index (χ4v) is 2.63. The molecule has 1 atom stereocenters. The highest BCUT2D eigenvalue weighted by atomic mass is 19.4. The van der Waals surface area contributed by atoms with Gasteiger partial charge in [-0.2, -0.15) is 13.2 Å². The first kappa shape index (κ1) is 15.7. The van der Waals surface area contributed by atoms with Gasteiger partial charge in [0, 0.05) is 6.54 Å². The van der Waals surface area contributed by atoms with Crippen LogP contribution in [-0.4, -0.2) is 36.7 Å². The van der Waals surface area contributed by atoms with E-state index in [0.717, 1.165) is 4.90 Å². The molecule has 1 saturated heterocycles. The molecule has 1 heterocycles. The lowest BCUT2D eigenvalue weighted by Gasteiger charge is -2.36. The zero-order chi connectivity index (χ0) is 15.5. The third-order valence-electron chi connectivity index (χ3n) is 3.69. The number of alkyl halides is 3. The Hall–Kier alpha value is -1.72. The lowest BCUT2D eigenvalue weighted by Crippen LogP contribution is -2.51. The van der Waals surface area contributed by atoms with E-state index in [1.165, 1.54) is 7.11 Å². The van der Waals surface area contributed by atoms with Gasteiger partial charge in [0.15, 0.2) is 0 Å². The van der Waals surface area contributed by atoms with Crippen molar-refractivity contribution in [2.45, 2.75) is 37.9 Å². The SMILES string of the molecule is COc1cccc(CC(=O)N2CCCCC2C(F)(F)F)c1. The first-order valence-corrected chi connectivity index (χ1v) is 6.91. The van der Waals surface area contributed by atoms with Crippen LogP contribution >= 0.6 is 0 Å². The molecule has 1 aliphatic heterocycles. The van der Waals surface area contributed by atoms with Gasteiger partial charge in [-0.05, 0) is 37.0 Å². The summed E-state index contributed by atoms with van der Waals surface area (Å²) in [6.07, 6.45) is -3.27. The third kappa shape index (κ3) is 3.89. The normalized spacial score (nSPS) is 19.4. The van der Waals surface area contributed by atoms with Crippen LogP contribution in [0.4, 0.5) is 13.2 Å². The van der Waals surface area contributed by atoms with E-state index in [2.05, 4.69) is 0 Å². The zero-order valence-electron chi connectivity index (χ0n) is 11.8. The summed E-state index contributed by atoms with van der Waals surface area (Å²) in [5.41, 5.74) is 0.658. The summed E-state index contributed by atoms with van der Waals surface area (Å²) < 4.78 is 44.0. The van der Waals surface area contributed by atoms with E-state index >= 15 is 0 Å².